The largest absolute Gasteiger partial charge is 0.397 e. The first-order valence-corrected chi connectivity index (χ1v) is 16.4. The first kappa shape index (κ1) is 31.8. The van der Waals surface area contributed by atoms with Crippen molar-refractivity contribution in [3.63, 3.8) is 0 Å². The number of piperidine rings is 2. The van der Waals surface area contributed by atoms with E-state index >= 15 is 0 Å². The fourth-order valence-electron chi connectivity index (χ4n) is 6.15. The number of carbonyl (C=O) groups excluding carboxylic acids is 3. The Bertz CT molecular complexity index is 1440. The van der Waals surface area contributed by atoms with Crippen LogP contribution < -0.4 is 21.7 Å². The third kappa shape index (κ3) is 7.52. The van der Waals surface area contributed by atoms with E-state index in [0.717, 1.165) is 33.0 Å². The SMILES string of the molecule is NC(=O)N(c1ccccc1)C1CCN(C(=O)N[C@H](Cc2cc(Br)c(N)c(Br)c2)C(=O)N2CCC(c3ccncc3)CC2)CC1. The van der Waals surface area contributed by atoms with Crippen molar-refractivity contribution in [1.29, 1.82) is 0 Å². The summed E-state index contributed by atoms with van der Waals surface area (Å²) >= 11 is 7.00. The lowest BCUT2D eigenvalue weighted by Gasteiger charge is -2.39. The lowest BCUT2D eigenvalue weighted by molar-refractivity contribution is -0.134. The molecule has 12 heteroatoms. The van der Waals surface area contributed by atoms with Gasteiger partial charge in [-0.05, 0) is 111 Å². The minimum absolute atomic E-state index is 0.102. The minimum Gasteiger partial charge on any atom is -0.397 e. The van der Waals surface area contributed by atoms with Crippen molar-refractivity contribution >= 4 is 61.2 Å². The van der Waals surface area contributed by atoms with Crippen LogP contribution >= 0.6 is 31.9 Å². The second-order valence-corrected chi connectivity index (χ2v) is 13.0. The molecule has 2 aliphatic heterocycles. The number of benzene rings is 2. The monoisotopic (exact) mass is 725 g/mol. The van der Waals surface area contributed by atoms with E-state index in [4.69, 9.17) is 11.5 Å². The molecule has 5 N–H and O–H groups in total. The van der Waals surface area contributed by atoms with Crippen molar-refractivity contribution in [2.75, 3.05) is 36.8 Å². The Balaban J connectivity index is 1.26. The molecule has 232 valence electrons. The summed E-state index contributed by atoms with van der Waals surface area (Å²) in [6, 6.07) is 15.5. The van der Waals surface area contributed by atoms with Crippen molar-refractivity contribution in [1.82, 2.24) is 20.1 Å². The third-order valence-electron chi connectivity index (χ3n) is 8.55. The first-order valence-electron chi connectivity index (χ1n) is 14.8. The number of likely N-dealkylation sites (tertiary alicyclic amines) is 2. The quantitative estimate of drug-likeness (QED) is 0.285. The zero-order valence-electron chi connectivity index (χ0n) is 24.4. The molecule has 1 aromatic heterocycles. The van der Waals surface area contributed by atoms with Crippen LogP contribution in [0.1, 0.15) is 42.7 Å². The van der Waals surface area contributed by atoms with Gasteiger partial charge in [0.25, 0.3) is 0 Å². The standard InChI is InChI=1S/C32H37Br2N7O3/c33-26-18-21(19-27(34)29(26)35)20-28(30(42)39-14-8-23(9-15-39)22-6-12-37-13-7-22)38-32(44)40-16-10-25(11-17-40)41(31(36)43)24-4-2-1-3-5-24/h1-7,12-13,18-19,23,25,28H,8-11,14-17,20,35H2,(H2,36,43)(H,38,44)/t28-/m1/s1. The number of nitrogens with zero attached hydrogens (tertiary/aromatic N) is 4. The maximum atomic E-state index is 14.0. The number of aromatic nitrogens is 1. The fourth-order valence-corrected chi connectivity index (χ4v) is 7.43. The van der Waals surface area contributed by atoms with Crippen LogP contribution in [0.2, 0.25) is 0 Å². The first-order chi connectivity index (χ1) is 21.2. The Morgan fingerprint density at radius 3 is 2.09 bits per heavy atom. The lowest BCUT2D eigenvalue weighted by Crippen LogP contribution is -2.57. The Morgan fingerprint density at radius 1 is 0.909 bits per heavy atom. The van der Waals surface area contributed by atoms with E-state index in [1.807, 2.05) is 59.5 Å². The number of urea groups is 2. The number of hydrogen-bond acceptors (Lipinski definition) is 5. The van der Waals surface area contributed by atoms with E-state index in [-0.39, 0.29) is 18.0 Å². The maximum Gasteiger partial charge on any atom is 0.319 e. The van der Waals surface area contributed by atoms with Crippen molar-refractivity contribution in [3.8, 4) is 0 Å². The Labute approximate surface area is 274 Å². The van der Waals surface area contributed by atoms with Gasteiger partial charge in [0.2, 0.25) is 5.91 Å². The van der Waals surface area contributed by atoms with Gasteiger partial charge in [-0.2, -0.15) is 0 Å². The molecule has 2 fully saturated rings. The Hall–Kier alpha value is -3.64. The topological polar surface area (TPSA) is 138 Å². The minimum atomic E-state index is -0.758. The predicted molar refractivity (Wildman–Crippen MR) is 178 cm³/mol. The van der Waals surface area contributed by atoms with E-state index in [1.54, 1.807) is 22.2 Å². The van der Waals surface area contributed by atoms with Crippen molar-refractivity contribution in [2.24, 2.45) is 5.73 Å². The summed E-state index contributed by atoms with van der Waals surface area (Å²) in [7, 11) is 0. The van der Waals surface area contributed by atoms with Crippen LogP contribution in [0.15, 0.2) is 75.9 Å². The molecule has 0 unspecified atom stereocenters. The molecule has 2 saturated heterocycles. The number of para-hydroxylation sites is 1. The molecule has 0 aliphatic carbocycles. The molecule has 0 spiro atoms. The molecule has 10 nitrogen and oxygen atoms in total. The molecule has 5 amide bonds. The van der Waals surface area contributed by atoms with Gasteiger partial charge >= 0.3 is 12.1 Å². The van der Waals surface area contributed by atoms with Gasteiger partial charge in [-0.3, -0.25) is 14.7 Å². The molecule has 3 heterocycles. The number of nitrogens with two attached hydrogens (primary N) is 2. The summed E-state index contributed by atoms with van der Waals surface area (Å²) in [5, 5.41) is 3.05. The van der Waals surface area contributed by atoms with Gasteiger partial charge < -0.3 is 26.6 Å². The number of hydrogen-bond donors (Lipinski definition) is 3. The van der Waals surface area contributed by atoms with Gasteiger partial charge in [0.05, 0.1) is 5.69 Å². The van der Waals surface area contributed by atoms with Gasteiger partial charge in [0.1, 0.15) is 6.04 Å². The molecular formula is C32H37Br2N7O3. The van der Waals surface area contributed by atoms with Gasteiger partial charge in [0.15, 0.2) is 0 Å². The zero-order valence-corrected chi connectivity index (χ0v) is 27.5. The van der Waals surface area contributed by atoms with Gasteiger partial charge in [0, 0.05) is 65.7 Å². The lowest BCUT2D eigenvalue weighted by atomic mass is 9.89. The van der Waals surface area contributed by atoms with Crippen molar-refractivity contribution < 1.29 is 14.4 Å². The molecule has 0 saturated carbocycles. The fraction of sp³-hybridized carbons (Fsp3) is 0.375. The number of nitrogen functional groups attached to an aromatic ring is 1. The van der Waals surface area contributed by atoms with E-state index in [0.29, 0.717) is 57.0 Å². The Kier molecular flexibility index (Phi) is 10.4. The molecule has 2 aromatic carbocycles. The Morgan fingerprint density at radius 2 is 1.50 bits per heavy atom. The average Bonchev–Trinajstić information content (AvgIpc) is 3.04. The normalized spacial score (nSPS) is 16.8. The molecule has 1 atom stereocenters. The summed E-state index contributed by atoms with van der Waals surface area (Å²) in [5.41, 5.74) is 15.3. The second kappa shape index (κ2) is 14.4. The summed E-state index contributed by atoms with van der Waals surface area (Å²) in [5.74, 6) is 0.269. The number of amides is 5. The molecule has 2 aliphatic rings. The molecule has 5 rings (SSSR count). The van der Waals surface area contributed by atoms with E-state index < -0.39 is 12.1 Å². The molecule has 3 aromatic rings. The second-order valence-electron chi connectivity index (χ2n) is 11.3. The maximum absolute atomic E-state index is 14.0. The summed E-state index contributed by atoms with van der Waals surface area (Å²) in [4.78, 5) is 49.2. The van der Waals surface area contributed by atoms with E-state index in [1.165, 1.54) is 5.56 Å². The molecule has 0 radical (unpaired) electrons. The molecule has 0 bridgehead atoms. The van der Waals surface area contributed by atoms with Crippen LogP contribution in [-0.4, -0.2) is 71.0 Å². The van der Waals surface area contributed by atoms with Crippen LogP contribution in [0.25, 0.3) is 0 Å². The smallest absolute Gasteiger partial charge is 0.319 e. The summed E-state index contributed by atoms with van der Waals surface area (Å²) in [6.45, 7) is 2.09. The highest BCUT2D eigenvalue weighted by Gasteiger charge is 2.34. The number of halogens is 2. The molecule has 44 heavy (non-hydrogen) atoms. The van der Waals surface area contributed by atoms with Gasteiger partial charge in [-0.1, -0.05) is 18.2 Å². The van der Waals surface area contributed by atoms with Crippen LogP contribution in [0.5, 0.6) is 0 Å². The number of nitrogens with one attached hydrogen (secondary N) is 1. The summed E-state index contributed by atoms with van der Waals surface area (Å²) in [6.07, 6.45) is 6.76. The number of anilines is 2. The van der Waals surface area contributed by atoms with E-state index in [2.05, 4.69) is 42.2 Å². The summed E-state index contributed by atoms with van der Waals surface area (Å²) < 4.78 is 1.44. The van der Waals surface area contributed by atoms with Crippen LogP contribution in [0, 0.1) is 0 Å². The van der Waals surface area contributed by atoms with Crippen LogP contribution in [0.4, 0.5) is 21.0 Å². The number of rotatable bonds is 7. The zero-order chi connectivity index (χ0) is 31.2. The van der Waals surface area contributed by atoms with Crippen LogP contribution in [0.3, 0.4) is 0 Å². The highest BCUT2D eigenvalue weighted by molar-refractivity contribution is 9.11. The van der Waals surface area contributed by atoms with Gasteiger partial charge in [-0.15, -0.1) is 0 Å². The highest BCUT2D eigenvalue weighted by atomic mass is 79.9. The number of pyridine rings is 1. The van der Waals surface area contributed by atoms with E-state index in [9.17, 15) is 14.4 Å². The highest BCUT2D eigenvalue weighted by Crippen LogP contribution is 2.31. The van der Waals surface area contributed by atoms with Crippen LogP contribution in [-0.2, 0) is 11.2 Å². The van der Waals surface area contributed by atoms with Crippen molar-refractivity contribution in [2.45, 2.75) is 50.1 Å². The average molecular weight is 728 g/mol. The van der Waals surface area contributed by atoms with Crippen molar-refractivity contribution in [3.05, 3.63) is 87.1 Å². The number of primary amides is 1. The van der Waals surface area contributed by atoms with Gasteiger partial charge in [-0.25, -0.2) is 9.59 Å². The molecular weight excluding hydrogens is 690 g/mol. The third-order valence-corrected chi connectivity index (χ3v) is 9.86. The number of carbonyl (C=O) groups is 3. The predicted octanol–water partition coefficient (Wildman–Crippen LogP) is 5.27.